The second kappa shape index (κ2) is 11.2. The minimum atomic E-state index is -4.80. The Labute approximate surface area is 220 Å². The fraction of sp³-hybridized carbons (Fsp3) is 0.0417. The van der Waals surface area contributed by atoms with E-state index >= 15 is 0 Å². The summed E-state index contributed by atoms with van der Waals surface area (Å²) in [7, 11) is -3.86. The van der Waals surface area contributed by atoms with Gasteiger partial charge in [0.1, 0.15) is 11.6 Å². The van der Waals surface area contributed by atoms with Crippen molar-refractivity contribution in [3.05, 3.63) is 85.1 Å². The first-order chi connectivity index (χ1) is 18.4. The molecule has 1 heterocycles. The van der Waals surface area contributed by atoms with Crippen molar-refractivity contribution in [1.29, 1.82) is 0 Å². The molecule has 3 aromatic carbocycles. The molecule has 0 bridgehead atoms. The lowest BCUT2D eigenvalue weighted by Gasteiger charge is -2.11. The fourth-order valence-corrected chi connectivity index (χ4v) is 3.75. The Morgan fingerprint density at radius 1 is 0.821 bits per heavy atom. The number of carbonyl (C=O) groups is 1. The van der Waals surface area contributed by atoms with Gasteiger partial charge in [0.2, 0.25) is 16.0 Å². The SMILES string of the molecule is NS(=O)(=O)c1cccc(Nc2nccc(Nc3ccc(NC(=O)Nc4ccc(OC(F)(F)F)cc4)cc3)n2)c1. The fourth-order valence-electron chi connectivity index (χ4n) is 3.19. The molecular formula is C24H20F3N7O4S. The molecule has 0 spiro atoms. The summed E-state index contributed by atoms with van der Waals surface area (Å²) in [6, 6.07) is 18.3. The number of carbonyl (C=O) groups excluding carboxylic acids is 1. The van der Waals surface area contributed by atoms with Gasteiger partial charge in [0.25, 0.3) is 0 Å². The Morgan fingerprint density at radius 3 is 2.05 bits per heavy atom. The Bertz CT molecular complexity index is 1570. The number of nitrogens with zero attached hydrogens (tertiary/aromatic N) is 2. The highest BCUT2D eigenvalue weighted by molar-refractivity contribution is 7.89. The van der Waals surface area contributed by atoms with Gasteiger partial charge in [-0.3, -0.25) is 0 Å². The number of urea groups is 1. The molecule has 0 atom stereocenters. The number of primary sulfonamides is 1. The largest absolute Gasteiger partial charge is 0.573 e. The van der Waals surface area contributed by atoms with Crippen molar-refractivity contribution < 1.29 is 31.1 Å². The van der Waals surface area contributed by atoms with Gasteiger partial charge in [-0.1, -0.05) is 6.07 Å². The molecule has 0 radical (unpaired) electrons. The van der Waals surface area contributed by atoms with E-state index in [1.807, 2.05) is 0 Å². The monoisotopic (exact) mass is 559 g/mol. The van der Waals surface area contributed by atoms with Crippen LogP contribution in [0.2, 0.25) is 0 Å². The van der Waals surface area contributed by atoms with Crippen molar-refractivity contribution in [2.45, 2.75) is 11.3 Å². The third-order valence-corrected chi connectivity index (χ3v) is 5.75. The quantitative estimate of drug-likeness (QED) is 0.198. The van der Waals surface area contributed by atoms with Gasteiger partial charge in [-0.2, -0.15) is 4.98 Å². The number of aromatic nitrogens is 2. The number of ether oxygens (including phenoxy) is 1. The first-order valence-corrected chi connectivity index (χ1v) is 12.5. The van der Waals surface area contributed by atoms with E-state index in [0.717, 1.165) is 12.1 Å². The number of rotatable bonds is 8. The van der Waals surface area contributed by atoms with Crippen LogP contribution in [0.25, 0.3) is 0 Å². The molecule has 0 aliphatic carbocycles. The number of anilines is 6. The number of sulfonamides is 1. The zero-order chi connectivity index (χ0) is 28.0. The molecule has 202 valence electrons. The number of alkyl halides is 3. The van der Waals surface area contributed by atoms with Crippen LogP contribution in [0.15, 0.2) is 90.0 Å². The summed E-state index contributed by atoms with van der Waals surface area (Å²) in [5, 5.41) is 16.3. The second-order valence-electron chi connectivity index (χ2n) is 7.82. The number of benzene rings is 3. The summed E-state index contributed by atoms with van der Waals surface area (Å²) >= 11 is 0. The summed E-state index contributed by atoms with van der Waals surface area (Å²) in [5.41, 5.74) is 1.79. The number of hydrogen-bond donors (Lipinski definition) is 5. The third-order valence-electron chi connectivity index (χ3n) is 4.84. The third kappa shape index (κ3) is 8.31. The highest BCUT2D eigenvalue weighted by Crippen LogP contribution is 2.24. The predicted molar refractivity (Wildman–Crippen MR) is 139 cm³/mol. The molecule has 2 amide bonds. The molecule has 0 aliphatic rings. The van der Waals surface area contributed by atoms with E-state index in [2.05, 4.69) is 36.0 Å². The molecule has 15 heteroatoms. The van der Waals surface area contributed by atoms with E-state index in [1.54, 1.807) is 36.4 Å². The van der Waals surface area contributed by atoms with Crippen molar-refractivity contribution in [2.75, 3.05) is 21.3 Å². The normalized spacial score (nSPS) is 11.4. The zero-order valence-electron chi connectivity index (χ0n) is 19.7. The summed E-state index contributed by atoms with van der Waals surface area (Å²) in [5.74, 6) is 0.241. The van der Waals surface area contributed by atoms with Gasteiger partial charge >= 0.3 is 12.4 Å². The van der Waals surface area contributed by atoms with Crippen LogP contribution in [-0.2, 0) is 10.0 Å². The standard InChI is InChI=1S/C24H20F3N7O4S/c25-24(26,27)38-19-10-8-17(9-11-19)33-23(35)32-16-6-4-15(5-7-16)30-21-12-13-29-22(34-21)31-18-2-1-3-20(14-18)39(28,36)37/h1-14H,(H2,28,36,37)(H2,32,33,35)(H2,29,30,31,34). The Hall–Kier alpha value is -4.89. The molecule has 0 unspecified atom stereocenters. The molecule has 0 fully saturated rings. The Kier molecular flexibility index (Phi) is 7.83. The molecule has 1 aromatic heterocycles. The maximum absolute atomic E-state index is 12.3. The van der Waals surface area contributed by atoms with E-state index in [1.165, 1.54) is 36.5 Å². The number of nitrogens with two attached hydrogens (primary N) is 1. The van der Waals surface area contributed by atoms with Gasteiger partial charge in [0, 0.05) is 28.9 Å². The van der Waals surface area contributed by atoms with Crippen LogP contribution in [0.4, 0.5) is 52.5 Å². The van der Waals surface area contributed by atoms with Crippen LogP contribution in [0.3, 0.4) is 0 Å². The maximum Gasteiger partial charge on any atom is 0.573 e. The van der Waals surface area contributed by atoms with Crippen LogP contribution in [0.1, 0.15) is 0 Å². The van der Waals surface area contributed by atoms with Crippen molar-refractivity contribution >= 4 is 50.6 Å². The van der Waals surface area contributed by atoms with Crippen molar-refractivity contribution in [3.63, 3.8) is 0 Å². The molecule has 0 saturated heterocycles. The lowest BCUT2D eigenvalue weighted by Crippen LogP contribution is -2.19. The highest BCUT2D eigenvalue weighted by atomic mass is 32.2. The minimum absolute atomic E-state index is 0.0578. The van der Waals surface area contributed by atoms with Gasteiger partial charge in [0.15, 0.2) is 0 Å². The highest BCUT2D eigenvalue weighted by Gasteiger charge is 2.31. The van der Waals surface area contributed by atoms with Crippen LogP contribution < -0.4 is 31.1 Å². The van der Waals surface area contributed by atoms with Gasteiger partial charge in [-0.25, -0.2) is 23.3 Å². The van der Waals surface area contributed by atoms with E-state index in [4.69, 9.17) is 5.14 Å². The smallest absolute Gasteiger partial charge is 0.406 e. The molecule has 11 nitrogen and oxygen atoms in total. The molecule has 0 aliphatic heterocycles. The lowest BCUT2D eigenvalue weighted by atomic mass is 10.2. The number of hydrogen-bond acceptors (Lipinski definition) is 8. The number of nitrogens with one attached hydrogen (secondary N) is 4. The van der Waals surface area contributed by atoms with Crippen LogP contribution >= 0.6 is 0 Å². The molecule has 4 aromatic rings. The zero-order valence-corrected chi connectivity index (χ0v) is 20.5. The number of amides is 2. The topological polar surface area (TPSA) is 160 Å². The molecule has 39 heavy (non-hydrogen) atoms. The van der Waals surface area contributed by atoms with Gasteiger partial charge in [0.05, 0.1) is 4.90 Å². The van der Waals surface area contributed by atoms with Crippen molar-refractivity contribution in [3.8, 4) is 5.75 Å². The van der Waals surface area contributed by atoms with Crippen LogP contribution in [-0.4, -0.2) is 30.8 Å². The first kappa shape index (κ1) is 27.2. The Morgan fingerprint density at radius 2 is 1.44 bits per heavy atom. The summed E-state index contributed by atoms with van der Waals surface area (Å²) in [6.45, 7) is 0. The van der Waals surface area contributed by atoms with Gasteiger partial charge < -0.3 is 26.0 Å². The first-order valence-electron chi connectivity index (χ1n) is 11.0. The van der Waals surface area contributed by atoms with E-state index in [-0.39, 0.29) is 16.5 Å². The molecule has 0 saturated carbocycles. The summed E-state index contributed by atoms with van der Waals surface area (Å²) in [6.07, 6.45) is -3.30. The van der Waals surface area contributed by atoms with Crippen LogP contribution in [0.5, 0.6) is 5.75 Å². The average molecular weight is 560 g/mol. The van der Waals surface area contributed by atoms with E-state index < -0.39 is 28.2 Å². The maximum atomic E-state index is 12.3. The summed E-state index contributed by atoms with van der Waals surface area (Å²) in [4.78, 5) is 20.6. The Balaban J connectivity index is 1.33. The van der Waals surface area contributed by atoms with Gasteiger partial charge in [-0.05, 0) is 72.8 Å². The van der Waals surface area contributed by atoms with E-state index in [9.17, 15) is 26.4 Å². The average Bonchev–Trinajstić information content (AvgIpc) is 2.85. The molecular weight excluding hydrogens is 539 g/mol. The van der Waals surface area contributed by atoms with Crippen LogP contribution in [0, 0.1) is 0 Å². The number of halogens is 3. The van der Waals surface area contributed by atoms with Crippen molar-refractivity contribution in [2.24, 2.45) is 5.14 Å². The lowest BCUT2D eigenvalue weighted by molar-refractivity contribution is -0.274. The van der Waals surface area contributed by atoms with Crippen molar-refractivity contribution in [1.82, 2.24) is 9.97 Å². The minimum Gasteiger partial charge on any atom is -0.406 e. The predicted octanol–water partition coefficient (Wildman–Crippen LogP) is 5.15. The second-order valence-corrected chi connectivity index (χ2v) is 9.38. The summed E-state index contributed by atoms with van der Waals surface area (Å²) < 4.78 is 63.7. The molecule has 4 rings (SSSR count). The van der Waals surface area contributed by atoms with Gasteiger partial charge in [-0.15, -0.1) is 13.2 Å². The van der Waals surface area contributed by atoms with E-state index in [0.29, 0.717) is 22.9 Å². The molecule has 6 N–H and O–H groups in total.